The molecule has 3 fully saturated rings. The molecule has 1 N–H and O–H groups in total. The summed E-state index contributed by atoms with van der Waals surface area (Å²) < 4.78 is 0. The van der Waals surface area contributed by atoms with Gasteiger partial charge < -0.3 is 5.32 Å². The second-order valence-corrected chi connectivity index (χ2v) is 8.21. The molecule has 0 aromatic heterocycles. The van der Waals surface area contributed by atoms with Crippen molar-refractivity contribution in [2.45, 2.75) is 84.1 Å². The molecule has 3 unspecified atom stereocenters. The lowest BCUT2D eigenvalue weighted by Crippen LogP contribution is -2.38. The quantitative estimate of drug-likeness (QED) is 0.745. The second kappa shape index (κ2) is 6.81. The van der Waals surface area contributed by atoms with Crippen molar-refractivity contribution in [3.8, 4) is 0 Å². The van der Waals surface area contributed by atoms with Gasteiger partial charge in [-0.2, -0.15) is 0 Å². The Balaban J connectivity index is 1.57. The molecule has 0 saturated heterocycles. The molecule has 3 rings (SSSR count). The third kappa shape index (κ3) is 3.78. The molecule has 0 radical (unpaired) electrons. The van der Waals surface area contributed by atoms with Crippen molar-refractivity contribution in [3.05, 3.63) is 0 Å². The zero-order chi connectivity index (χ0) is 13.9. The Morgan fingerprint density at radius 3 is 2.30 bits per heavy atom. The molecule has 116 valence electrons. The maximum Gasteiger partial charge on any atom is 0.00683 e. The normalized spacial score (nSPS) is 42.6. The number of hydrogen-bond acceptors (Lipinski definition) is 1. The predicted octanol–water partition coefficient (Wildman–Crippen LogP) is 5.01. The fraction of sp³-hybridized carbons (Fsp3) is 1.00. The molecule has 3 saturated carbocycles. The van der Waals surface area contributed by atoms with Gasteiger partial charge in [-0.3, -0.25) is 0 Å². The Bertz CT molecular complexity index is 288. The fourth-order valence-corrected chi connectivity index (χ4v) is 4.88. The van der Waals surface area contributed by atoms with E-state index in [1.807, 2.05) is 0 Å². The fourth-order valence-electron chi connectivity index (χ4n) is 4.88. The van der Waals surface area contributed by atoms with E-state index in [9.17, 15) is 0 Å². The van der Waals surface area contributed by atoms with Gasteiger partial charge in [-0.15, -0.1) is 0 Å². The van der Waals surface area contributed by atoms with Crippen LogP contribution in [-0.4, -0.2) is 12.6 Å². The van der Waals surface area contributed by atoms with Crippen LogP contribution in [-0.2, 0) is 0 Å². The molecule has 0 amide bonds. The summed E-state index contributed by atoms with van der Waals surface area (Å²) in [6.45, 7) is 6.20. The minimum Gasteiger partial charge on any atom is -0.314 e. The van der Waals surface area contributed by atoms with Crippen molar-refractivity contribution < 1.29 is 0 Å². The first-order valence-corrected chi connectivity index (χ1v) is 9.49. The third-order valence-electron chi connectivity index (χ3n) is 6.65. The van der Waals surface area contributed by atoms with Crippen LogP contribution in [0.3, 0.4) is 0 Å². The Labute approximate surface area is 126 Å². The van der Waals surface area contributed by atoms with Gasteiger partial charge in [-0.1, -0.05) is 39.5 Å². The van der Waals surface area contributed by atoms with Crippen molar-refractivity contribution >= 4 is 0 Å². The molecular weight excluding hydrogens is 242 g/mol. The van der Waals surface area contributed by atoms with Crippen LogP contribution in [0.15, 0.2) is 0 Å². The molecular formula is C19H35N. The average Bonchev–Trinajstić information content (AvgIpc) is 3.30. The van der Waals surface area contributed by atoms with Gasteiger partial charge in [0.2, 0.25) is 0 Å². The highest BCUT2D eigenvalue weighted by molar-refractivity contribution is 4.89. The average molecular weight is 277 g/mol. The summed E-state index contributed by atoms with van der Waals surface area (Å²) in [5.41, 5.74) is 0. The van der Waals surface area contributed by atoms with Crippen molar-refractivity contribution in [2.75, 3.05) is 6.54 Å². The molecule has 0 aliphatic heterocycles. The molecule has 0 aromatic rings. The number of nitrogens with one attached hydrogen (secondary N) is 1. The van der Waals surface area contributed by atoms with Gasteiger partial charge in [0, 0.05) is 6.04 Å². The standard InChI is InChI=1S/C19H35N/c1-3-15-6-9-17(13-20-18-10-11-18)19(12-15)16-7-4-14(2)5-8-16/h14-20H,3-13H2,1-2H3. The first-order chi connectivity index (χ1) is 9.76. The molecule has 20 heavy (non-hydrogen) atoms. The lowest BCUT2D eigenvalue weighted by molar-refractivity contribution is 0.0845. The van der Waals surface area contributed by atoms with Gasteiger partial charge in [-0.05, 0) is 74.7 Å². The molecule has 0 heterocycles. The molecule has 0 aromatic carbocycles. The SMILES string of the molecule is CCC1CCC(CNC2CC2)C(C2CCC(C)CC2)C1. The first-order valence-electron chi connectivity index (χ1n) is 9.49. The molecule has 1 heteroatoms. The minimum atomic E-state index is 0.894. The minimum absolute atomic E-state index is 0.894. The summed E-state index contributed by atoms with van der Waals surface area (Å²) in [6, 6.07) is 0.894. The zero-order valence-electron chi connectivity index (χ0n) is 13.7. The monoisotopic (exact) mass is 277 g/mol. The molecule has 3 aliphatic rings. The lowest BCUT2D eigenvalue weighted by Gasteiger charge is -2.43. The van der Waals surface area contributed by atoms with E-state index >= 15 is 0 Å². The Kier molecular flexibility index (Phi) is 5.07. The van der Waals surface area contributed by atoms with Crippen LogP contribution in [0, 0.1) is 29.6 Å². The molecule has 3 atom stereocenters. The number of hydrogen-bond donors (Lipinski definition) is 1. The summed E-state index contributed by atoms with van der Waals surface area (Å²) in [5, 5.41) is 3.84. The van der Waals surface area contributed by atoms with E-state index in [2.05, 4.69) is 19.2 Å². The first kappa shape index (κ1) is 14.9. The Morgan fingerprint density at radius 1 is 0.900 bits per heavy atom. The van der Waals surface area contributed by atoms with Gasteiger partial charge in [0.15, 0.2) is 0 Å². The molecule has 3 aliphatic carbocycles. The van der Waals surface area contributed by atoms with Gasteiger partial charge in [0.1, 0.15) is 0 Å². The van der Waals surface area contributed by atoms with Crippen LogP contribution in [0.25, 0.3) is 0 Å². The second-order valence-electron chi connectivity index (χ2n) is 8.21. The van der Waals surface area contributed by atoms with Crippen molar-refractivity contribution in [3.63, 3.8) is 0 Å². The van der Waals surface area contributed by atoms with E-state index in [1.54, 1.807) is 6.42 Å². The topological polar surface area (TPSA) is 12.0 Å². The lowest BCUT2D eigenvalue weighted by atomic mass is 9.64. The Morgan fingerprint density at radius 2 is 1.65 bits per heavy atom. The smallest absolute Gasteiger partial charge is 0.00683 e. The highest BCUT2D eigenvalue weighted by Crippen LogP contribution is 2.45. The van der Waals surface area contributed by atoms with Crippen LogP contribution >= 0.6 is 0 Å². The van der Waals surface area contributed by atoms with Crippen molar-refractivity contribution in [1.82, 2.24) is 5.32 Å². The van der Waals surface area contributed by atoms with E-state index < -0.39 is 0 Å². The Hall–Kier alpha value is -0.0400. The molecule has 0 spiro atoms. The van der Waals surface area contributed by atoms with Crippen molar-refractivity contribution in [2.24, 2.45) is 29.6 Å². The molecule has 1 nitrogen and oxygen atoms in total. The zero-order valence-corrected chi connectivity index (χ0v) is 13.7. The largest absolute Gasteiger partial charge is 0.314 e. The van der Waals surface area contributed by atoms with Crippen LogP contribution in [0.4, 0.5) is 0 Å². The van der Waals surface area contributed by atoms with Gasteiger partial charge >= 0.3 is 0 Å². The van der Waals surface area contributed by atoms with E-state index in [1.165, 1.54) is 64.3 Å². The van der Waals surface area contributed by atoms with Gasteiger partial charge in [0.25, 0.3) is 0 Å². The van der Waals surface area contributed by atoms with Crippen LogP contribution in [0.1, 0.15) is 78.1 Å². The van der Waals surface area contributed by atoms with E-state index in [4.69, 9.17) is 0 Å². The highest BCUT2D eigenvalue weighted by atomic mass is 14.9. The summed E-state index contributed by atoms with van der Waals surface area (Å²) in [5.74, 6) is 5.15. The summed E-state index contributed by atoms with van der Waals surface area (Å²) in [7, 11) is 0. The van der Waals surface area contributed by atoms with E-state index in [0.29, 0.717) is 0 Å². The van der Waals surface area contributed by atoms with Crippen LogP contribution < -0.4 is 5.32 Å². The van der Waals surface area contributed by atoms with Crippen molar-refractivity contribution in [1.29, 1.82) is 0 Å². The van der Waals surface area contributed by atoms with E-state index in [-0.39, 0.29) is 0 Å². The van der Waals surface area contributed by atoms with Gasteiger partial charge in [0.05, 0.1) is 0 Å². The predicted molar refractivity (Wildman–Crippen MR) is 86.8 cm³/mol. The summed E-state index contributed by atoms with van der Waals surface area (Å²) >= 11 is 0. The third-order valence-corrected chi connectivity index (χ3v) is 6.65. The van der Waals surface area contributed by atoms with Crippen LogP contribution in [0.2, 0.25) is 0 Å². The highest BCUT2D eigenvalue weighted by Gasteiger charge is 2.36. The maximum atomic E-state index is 3.84. The maximum absolute atomic E-state index is 3.84. The molecule has 0 bridgehead atoms. The summed E-state index contributed by atoms with van der Waals surface area (Å²) in [4.78, 5) is 0. The number of rotatable bonds is 5. The van der Waals surface area contributed by atoms with Crippen LogP contribution in [0.5, 0.6) is 0 Å². The van der Waals surface area contributed by atoms with Gasteiger partial charge in [-0.25, -0.2) is 0 Å². The van der Waals surface area contributed by atoms with E-state index in [0.717, 1.165) is 35.6 Å². The summed E-state index contributed by atoms with van der Waals surface area (Å²) in [6.07, 6.45) is 14.9.